The topological polar surface area (TPSA) is 47.3 Å². The van der Waals surface area contributed by atoms with E-state index in [9.17, 15) is 0 Å². The summed E-state index contributed by atoms with van der Waals surface area (Å²) in [6.45, 7) is 2.06. The van der Waals surface area contributed by atoms with Crippen molar-refractivity contribution in [2.45, 2.75) is 6.54 Å². The zero-order valence-corrected chi connectivity index (χ0v) is 10.9. The predicted molar refractivity (Wildman–Crippen MR) is 70.5 cm³/mol. The molecule has 0 aliphatic heterocycles. The maximum absolute atomic E-state index is 6.14. The number of benzene rings is 1. The van der Waals surface area contributed by atoms with Crippen LogP contribution in [0.2, 0.25) is 5.02 Å². The number of ether oxygens (including phenoxy) is 1. The second kappa shape index (κ2) is 6.54. The maximum atomic E-state index is 6.14. The van der Waals surface area contributed by atoms with Gasteiger partial charge in [-0.05, 0) is 12.1 Å². The predicted octanol–water partition coefficient (Wildman–Crippen LogP) is 2.73. The van der Waals surface area contributed by atoms with E-state index in [0.717, 1.165) is 17.8 Å². The fourth-order valence-corrected chi connectivity index (χ4v) is 1.86. The van der Waals surface area contributed by atoms with Gasteiger partial charge in [-0.15, -0.1) is 0 Å². The van der Waals surface area contributed by atoms with Crippen LogP contribution in [-0.4, -0.2) is 25.2 Å². The van der Waals surface area contributed by atoms with E-state index >= 15 is 0 Å². The Bertz CT molecular complexity index is 499. The summed E-state index contributed by atoms with van der Waals surface area (Å²) in [6.07, 6.45) is 1.44. The Kier molecular flexibility index (Phi) is 4.75. The van der Waals surface area contributed by atoms with E-state index in [1.165, 1.54) is 6.39 Å². The van der Waals surface area contributed by atoms with E-state index < -0.39 is 0 Å². The minimum atomic E-state index is 0.625. The highest BCUT2D eigenvalue weighted by atomic mass is 35.5. The van der Waals surface area contributed by atoms with Gasteiger partial charge in [0.15, 0.2) is 12.2 Å². The third-order valence-electron chi connectivity index (χ3n) is 2.54. The molecule has 0 atom stereocenters. The molecule has 1 aromatic carbocycles. The van der Waals surface area contributed by atoms with Gasteiger partial charge in [0.05, 0.1) is 11.6 Å². The number of methoxy groups -OCH3 is 1. The number of rotatable bonds is 6. The van der Waals surface area contributed by atoms with Crippen LogP contribution in [0.4, 0.5) is 0 Å². The fraction of sp³-hybridized carbons (Fsp3) is 0.308. The molecule has 0 radical (unpaired) electrons. The van der Waals surface area contributed by atoms with Crippen molar-refractivity contribution in [1.82, 2.24) is 10.3 Å². The SMILES string of the molecule is COCCNCc1ncoc1-c1ccccc1Cl. The molecule has 4 nitrogen and oxygen atoms in total. The van der Waals surface area contributed by atoms with Crippen molar-refractivity contribution in [3.8, 4) is 11.3 Å². The van der Waals surface area contributed by atoms with Gasteiger partial charge < -0.3 is 14.5 Å². The second-order valence-electron chi connectivity index (χ2n) is 3.78. The van der Waals surface area contributed by atoms with Gasteiger partial charge in [-0.2, -0.15) is 0 Å². The largest absolute Gasteiger partial charge is 0.443 e. The number of halogens is 1. The summed E-state index contributed by atoms with van der Waals surface area (Å²) >= 11 is 6.14. The van der Waals surface area contributed by atoms with Crippen molar-refractivity contribution in [3.63, 3.8) is 0 Å². The lowest BCUT2D eigenvalue weighted by Gasteiger charge is -2.05. The molecule has 1 heterocycles. The Morgan fingerprint density at radius 2 is 2.22 bits per heavy atom. The van der Waals surface area contributed by atoms with Gasteiger partial charge in [0.2, 0.25) is 0 Å². The van der Waals surface area contributed by atoms with Gasteiger partial charge in [-0.1, -0.05) is 23.7 Å². The summed E-state index contributed by atoms with van der Waals surface area (Å²) in [7, 11) is 1.67. The van der Waals surface area contributed by atoms with Crippen LogP contribution < -0.4 is 5.32 Å². The molecule has 2 rings (SSSR count). The third-order valence-corrected chi connectivity index (χ3v) is 2.86. The van der Waals surface area contributed by atoms with E-state index in [4.69, 9.17) is 20.8 Å². The Balaban J connectivity index is 2.10. The van der Waals surface area contributed by atoms with Crippen LogP contribution in [0.15, 0.2) is 35.1 Å². The van der Waals surface area contributed by atoms with Gasteiger partial charge in [0.1, 0.15) is 5.69 Å². The summed E-state index contributed by atoms with van der Waals surface area (Å²) in [5.74, 6) is 0.713. The molecule has 0 spiro atoms. The first-order valence-corrected chi connectivity index (χ1v) is 6.07. The standard InChI is InChI=1S/C13H15ClN2O2/c1-17-7-6-15-8-12-13(18-9-16-12)10-4-2-3-5-11(10)14/h2-5,9,15H,6-8H2,1H3. The average Bonchev–Trinajstić information content (AvgIpc) is 2.83. The zero-order chi connectivity index (χ0) is 12.8. The summed E-state index contributed by atoms with van der Waals surface area (Å²) in [5.41, 5.74) is 1.71. The van der Waals surface area contributed by atoms with Crippen molar-refractivity contribution in [2.24, 2.45) is 0 Å². The number of aromatic nitrogens is 1. The van der Waals surface area contributed by atoms with Gasteiger partial charge in [0.25, 0.3) is 0 Å². The van der Waals surface area contributed by atoms with E-state index in [-0.39, 0.29) is 0 Å². The maximum Gasteiger partial charge on any atom is 0.181 e. The average molecular weight is 267 g/mol. The minimum absolute atomic E-state index is 0.625. The molecule has 18 heavy (non-hydrogen) atoms. The summed E-state index contributed by atoms with van der Waals surface area (Å²) < 4.78 is 10.4. The van der Waals surface area contributed by atoms with Crippen molar-refractivity contribution in [2.75, 3.05) is 20.3 Å². The monoisotopic (exact) mass is 266 g/mol. The summed E-state index contributed by atoms with van der Waals surface area (Å²) in [4.78, 5) is 4.20. The van der Waals surface area contributed by atoms with Crippen LogP contribution in [0.5, 0.6) is 0 Å². The first-order chi connectivity index (χ1) is 8.83. The molecule has 1 N–H and O–H groups in total. The van der Waals surface area contributed by atoms with Gasteiger partial charge in [-0.3, -0.25) is 0 Å². The molecule has 96 valence electrons. The Morgan fingerprint density at radius 1 is 1.39 bits per heavy atom. The molecule has 2 aromatic rings. The third kappa shape index (κ3) is 3.10. The Morgan fingerprint density at radius 3 is 3.00 bits per heavy atom. The molecule has 0 aliphatic carbocycles. The van der Waals surface area contributed by atoms with E-state index in [1.54, 1.807) is 7.11 Å². The van der Waals surface area contributed by atoms with Crippen LogP contribution in [-0.2, 0) is 11.3 Å². The second-order valence-corrected chi connectivity index (χ2v) is 4.18. The van der Waals surface area contributed by atoms with Crippen LogP contribution in [0.1, 0.15) is 5.69 Å². The lowest BCUT2D eigenvalue weighted by molar-refractivity contribution is 0.199. The van der Waals surface area contributed by atoms with Gasteiger partial charge >= 0.3 is 0 Å². The molecule has 0 saturated carbocycles. The molecular formula is C13H15ClN2O2. The smallest absolute Gasteiger partial charge is 0.181 e. The zero-order valence-electron chi connectivity index (χ0n) is 10.1. The number of nitrogens with one attached hydrogen (secondary N) is 1. The minimum Gasteiger partial charge on any atom is -0.443 e. The normalized spacial score (nSPS) is 10.8. The van der Waals surface area contributed by atoms with Crippen LogP contribution >= 0.6 is 11.6 Å². The number of oxazole rings is 1. The number of hydrogen-bond acceptors (Lipinski definition) is 4. The molecule has 0 unspecified atom stereocenters. The Labute approximate surface area is 111 Å². The quantitative estimate of drug-likeness (QED) is 0.817. The fourth-order valence-electron chi connectivity index (χ4n) is 1.64. The lowest BCUT2D eigenvalue weighted by Crippen LogP contribution is -2.19. The van der Waals surface area contributed by atoms with Crippen molar-refractivity contribution < 1.29 is 9.15 Å². The van der Waals surface area contributed by atoms with E-state index in [2.05, 4.69) is 10.3 Å². The van der Waals surface area contributed by atoms with Crippen LogP contribution in [0.25, 0.3) is 11.3 Å². The number of nitrogens with zero attached hydrogens (tertiary/aromatic N) is 1. The molecule has 0 saturated heterocycles. The van der Waals surface area contributed by atoms with Crippen molar-refractivity contribution in [3.05, 3.63) is 41.4 Å². The first kappa shape index (κ1) is 13.1. The lowest BCUT2D eigenvalue weighted by atomic mass is 10.1. The van der Waals surface area contributed by atoms with Crippen LogP contribution in [0.3, 0.4) is 0 Å². The van der Waals surface area contributed by atoms with Gasteiger partial charge in [0, 0.05) is 25.8 Å². The molecule has 5 heteroatoms. The van der Waals surface area contributed by atoms with Crippen LogP contribution in [0, 0.1) is 0 Å². The van der Waals surface area contributed by atoms with E-state index in [0.29, 0.717) is 23.9 Å². The highest BCUT2D eigenvalue weighted by molar-refractivity contribution is 6.33. The van der Waals surface area contributed by atoms with Crippen molar-refractivity contribution >= 4 is 11.6 Å². The van der Waals surface area contributed by atoms with Crippen molar-refractivity contribution in [1.29, 1.82) is 0 Å². The first-order valence-electron chi connectivity index (χ1n) is 5.70. The van der Waals surface area contributed by atoms with E-state index in [1.807, 2.05) is 24.3 Å². The molecular weight excluding hydrogens is 252 g/mol. The number of hydrogen-bond donors (Lipinski definition) is 1. The molecule has 0 aliphatic rings. The molecule has 0 fully saturated rings. The molecule has 0 bridgehead atoms. The molecule has 0 amide bonds. The molecule has 1 aromatic heterocycles. The highest BCUT2D eigenvalue weighted by Crippen LogP contribution is 2.29. The summed E-state index contributed by atoms with van der Waals surface area (Å²) in [6, 6.07) is 7.56. The van der Waals surface area contributed by atoms with Gasteiger partial charge in [-0.25, -0.2) is 4.98 Å². The summed E-state index contributed by atoms with van der Waals surface area (Å²) in [5, 5.41) is 3.89. The highest BCUT2D eigenvalue weighted by Gasteiger charge is 2.12. The Hall–Kier alpha value is -1.36.